The zero-order valence-corrected chi connectivity index (χ0v) is 12.1. The molecule has 0 aliphatic carbocycles. The summed E-state index contributed by atoms with van der Waals surface area (Å²) in [5.74, 6) is 0.231. The third kappa shape index (κ3) is 2.36. The number of carboxylic acids is 1. The molecule has 0 spiro atoms. The number of hydrogen-bond donors (Lipinski definition) is 1. The third-order valence-electron chi connectivity index (χ3n) is 3.84. The smallest absolute Gasteiger partial charge is 0.325 e. The summed E-state index contributed by atoms with van der Waals surface area (Å²) in [5, 5.41) is 11.5. The zero-order valence-electron chi connectivity index (χ0n) is 11.3. The van der Waals surface area contributed by atoms with Gasteiger partial charge in [0.15, 0.2) is 0 Å². The van der Waals surface area contributed by atoms with Gasteiger partial charge in [-0.15, -0.1) is 11.3 Å². The number of fused-ring (bicyclic) bond motifs is 1. The number of thiophene rings is 1. The molecule has 6 heteroatoms. The molecule has 1 aliphatic heterocycles. The first kappa shape index (κ1) is 13.3. The van der Waals surface area contributed by atoms with Crippen molar-refractivity contribution in [2.24, 2.45) is 7.05 Å². The third-order valence-corrected chi connectivity index (χ3v) is 4.84. The minimum absolute atomic E-state index is 0.509. The molecule has 1 N–H and O–H groups in total. The van der Waals surface area contributed by atoms with Crippen LogP contribution >= 0.6 is 11.3 Å². The molecule has 1 aliphatic rings. The van der Waals surface area contributed by atoms with E-state index < -0.39 is 12.0 Å². The van der Waals surface area contributed by atoms with Crippen molar-refractivity contribution in [3.8, 4) is 0 Å². The molecule has 1 unspecified atom stereocenters. The molecular weight excluding hydrogens is 274 g/mol. The summed E-state index contributed by atoms with van der Waals surface area (Å²) in [6.07, 6.45) is 5.40. The van der Waals surface area contributed by atoms with Gasteiger partial charge in [0.2, 0.25) is 0 Å². The van der Waals surface area contributed by atoms with Crippen molar-refractivity contribution in [3.05, 3.63) is 40.1 Å². The number of carbonyl (C=O) groups is 1. The Morgan fingerprint density at radius 3 is 3.15 bits per heavy atom. The van der Waals surface area contributed by atoms with Gasteiger partial charge in [-0.2, -0.15) is 0 Å². The molecule has 1 atom stereocenters. The Morgan fingerprint density at radius 1 is 1.60 bits per heavy atom. The van der Waals surface area contributed by atoms with Crippen LogP contribution in [0.3, 0.4) is 0 Å². The van der Waals surface area contributed by atoms with Crippen LogP contribution in [0.4, 0.5) is 0 Å². The average molecular weight is 291 g/mol. The maximum atomic E-state index is 11.6. The fourth-order valence-electron chi connectivity index (χ4n) is 2.78. The normalized spacial score (nSPS) is 18.9. The number of hydrogen-bond acceptors (Lipinski definition) is 4. The number of aryl methyl sites for hydroxylation is 1. The highest BCUT2D eigenvalue weighted by molar-refractivity contribution is 7.10. The van der Waals surface area contributed by atoms with Gasteiger partial charge in [0.25, 0.3) is 0 Å². The molecule has 0 radical (unpaired) electrons. The SMILES string of the molecule is Cn1ccnc1CCN1CCc2sccc2C1C(=O)O. The Labute approximate surface area is 121 Å². The second-order valence-corrected chi connectivity index (χ2v) is 6.03. The van der Waals surface area contributed by atoms with E-state index in [2.05, 4.69) is 4.98 Å². The van der Waals surface area contributed by atoms with Crippen LogP contribution in [0.1, 0.15) is 22.3 Å². The highest BCUT2D eigenvalue weighted by Gasteiger charge is 2.33. The van der Waals surface area contributed by atoms with Crippen LogP contribution in [-0.2, 0) is 24.7 Å². The van der Waals surface area contributed by atoms with Gasteiger partial charge >= 0.3 is 5.97 Å². The summed E-state index contributed by atoms with van der Waals surface area (Å²) in [6, 6.07) is 1.44. The van der Waals surface area contributed by atoms with E-state index in [1.165, 1.54) is 4.88 Å². The van der Waals surface area contributed by atoms with E-state index in [1.807, 2.05) is 34.2 Å². The number of rotatable bonds is 4. The molecular formula is C14H17N3O2S. The number of nitrogens with zero attached hydrogens (tertiary/aromatic N) is 3. The van der Waals surface area contributed by atoms with Crippen molar-refractivity contribution in [2.45, 2.75) is 18.9 Å². The maximum Gasteiger partial charge on any atom is 0.325 e. The van der Waals surface area contributed by atoms with Gasteiger partial charge in [0, 0.05) is 43.8 Å². The van der Waals surface area contributed by atoms with E-state index in [-0.39, 0.29) is 0 Å². The van der Waals surface area contributed by atoms with Gasteiger partial charge in [0.1, 0.15) is 11.9 Å². The molecule has 0 saturated heterocycles. The second-order valence-electron chi connectivity index (χ2n) is 5.03. The monoisotopic (exact) mass is 291 g/mol. The van der Waals surface area contributed by atoms with Crippen LogP contribution in [0, 0.1) is 0 Å². The lowest BCUT2D eigenvalue weighted by molar-refractivity contribution is -0.144. The first-order valence-electron chi connectivity index (χ1n) is 6.66. The quantitative estimate of drug-likeness (QED) is 0.931. The van der Waals surface area contributed by atoms with E-state index >= 15 is 0 Å². The standard InChI is InChI=1S/C14H17N3O2S/c1-16-8-5-15-12(16)3-7-17-6-2-11-10(4-9-20-11)13(17)14(18)19/h4-5,8-9,13H,2-3,6-7H2,1H3,(H,18,19). The first-order valence-corrected chi connectivity index (χ1v) is 7.54. The fourth-order valence-corrected chi connectivity index (χ4v) is 3.68. The Kier molecular flexibility index (Phi) is 3.58. The van der Waals surface area contributed by atoms with Gasteiger partial charge in [-0.1, -0.05) is 0 Å². The predicted octanol–water partition coefficient (Wildman–Crippen LogP) is 1.71. The summed E-state index contributed by atoms with van der Waals surface area (Å²) in [5.41, 5.74) is 0.966. The van der Waals surface area contributed by atoms with Gasteiger partial charge in [-0.25, -0.2) is 4.98 Å². The van der Waals surface area contributed by atoms with E-state index in [0.29, 0.717) is 0 Å². The van der Waals surface area contributed by atoms with E-state index in [1.54, 1.807) is 17.5 Å². The number of carboxylic acid groups (broad SMARTS) is 1. The molecule has 5 nitrogen and oxygen atoms in total. The van der Waals surface area contributed by atoms with Crippen LogP contribution in [0.15, 0.2) is 23.8 Å². The zero-order chi connectivity index (χ0) is 14.1. The topological polar surface area (TPSA) is 58.4 Å². The summed E-state index contributed by atoms with van der Waals surface area (Å²) in [6.45, 7) is 1.52. The summed E-state index contributed by atoms with van der Waals surface area (Å²) >= 11 is 1.66. The molecule has 2 aromatic heterocycles. The van der Waals surface area contributed by atoms with Crippen LogP contribution in [-0.4, -0.2) is 38.6 Å². The Balaban J connectivity index is 1.76. The Hall–Kier alpha value is -1.66. The number of aromatic nitrogens is 2. The van der Waals surface area contributed by atoms with Crippen LogP contribution < -0.4 is 0 Å². The number of imidazole rings is 1. The molecule has 106 valence electrons. The Bertz CT molecular complexity index is 619. The molecule has 3 heterocycles. The number of aliphatic carboxylic acids is 1. The van der Waals surface area contributed by atoms with Gasteiger partial charge in [-0.05, 0) is 23.4 Å². The lowest BCUT2D eigenvalue weighted by Gasteiger charge is -2.32. The van der Waals surface area contributed by atoms with Crippen molar-refractivity contribution in [1.82, 2.24) is 14.5 Å². The van der Waals surface area contributed by atoms with E-state index in [4.69, 9.17) is 0 Å². The fraction of sp³-hybridized carbons (Fsp3) is 0.429. The van der Waals surface area contributed by atoms with Crippen LogP contribution in [0.2, 0.25) is 0 Å². The van der Waals surface area contributed by atoms with Crippen LogP contribution in [0.25, 0.3) is 0 Å². The highest BCUT2D eigenvalue weighted by Crippen LogP contribution is 2.33. The molecule has 0 amide bonds. The lowest BCUT2D eigenvalue weighted by atomic mass is 10.00. The molecule has 20 heavy (non-hydrogen) atoms. The first-order chi connectivity index (χ1) is 9.66. The molecule has 0 bridgehead atoms. The predicted molar refractivity (Wildman–Crippen MR) is 76.9 cm³/mol. The minimum atomic E-state index is -0.760. The van der Waals surface area contributed by atoms with E-state index in [9.17, 15) is 9.90 Å². The summed E-state index contributed by atoms with van der Waals surface area (Å²) in [7, 11) is 1.96. The van der Waals surface area contributed by atoms with Gasteiger partial charge < -0.3 is 9.67 Å². The van der Waals surface area contributed by atoms with Crippen molar-refractivity contribution in [2.75, 3.05) is 13.1 Å². The largest absolute Gasteiger partial charge is 0.480 e. The molecule has 2 aromatic rings. The van der Waals surface area contributed by atoms with Gasteiger partial charge in [-0.3, -0.25) is 9.69 Å². The maximum absolute atomic E-state index is 11.6. The summed E-state index contributed by atoms with van der Waals surface area (Å²) < 4.78 is 1.98. The molecule has 0 saturated carbocycles. The Morgan fingerprint density at radius 2 is 2.45 bits per heavy atom. The molecule has 0 aromatic carbocycles. The average Bonchev–Trinajstić information content (AvgIpc) is 3.03. The van der Waals surface area contributed by atoms with Crippen LogP contribution in [0.5, 0.6) is 0 Å². The van der Waals surface area contributed by atoms with E-state index in [0.717, 1.165) is 37.3 Å². The molecule has 3 rings (SSSR count). The van der Waals surface area contributed by atoms with Gasteiger partial charge in [0.05, 0.1) is 0 Å². The highest BCUT2D eigenvalue weighted by atomic mass is 32.1. The lowest BCUT2D eigenvalue weighted by Crippen LogP contribution is -2.40. The van der Waals surface area contributed by atoms with Crippen molar-refractivity contribution in [1.29, 1.82) is 0 Å². The molecule has 0 fully saturated rings. The second kappa shape index (κ2) is 5.38. The minimum Gasteiger partial charge on any atom is -0.480 e. The van der Waals surface area contributed by atoms with Crippen molar-refractivity contribution in [3.63, 3.8) is 0 Å². The van der Waals surface area contributed by atoms with Crippen molar-refractivity contribution >= 4 is 17.3 Å². The van der Waals surface area contributed by atoms with Crippen molar-refractivity contribution < 1.29 is 9.90 Å². The summed E-state index contributed by atoms with van der Waals surface area (Å²) in [4.78, 5) is 19.2.